The van der Waals surface area contributed by atoms with Gasteiger partial charge < -0.3 is 5.73 Å². The minimum Gasteiger partial charge on any atom is -0.395 e. The molecule has 0 aromatic carbocycles. The Balaban J connectivity index is 2.76. The monoisotopic (exact) mass is 193 g/mol. The average molecular weight is 193 g/mol. The lowest BCUT2D eigenvalue weighted by molar-refractivity contribution is 0.464. The van der Waals surface area contributed by atoms with Crippen LogP contribution >= 0.6 is 0 Å². The van der Waals surface area contributed by atoms with E-state index in [1.165, 1.54) is 12.3 Å². The molecule has 1 aromatic heterocycles. The number of nitrogen functional groups attached to an aromatic ring is 1. The highest BCUT2D eigenvalue weighted by molar-refractivity contribution is 5.45. The number of hydrogen-bond acceptors (Lipinski definition) is 3. The van der Waals surface area contributed by atoms with E-state index in [2.05, 4.69) is 16.8 Å². The smallest absolute Gasteiger partial charge is 0.236 e. The highest BCUT2D eigenvalue weighted by Gasteiger charge is 1.98. The summed E-state index contributed by atoms with van der Waals surface area (Å²) in [5, 5.41) is 0. The molecule has 14 heavy (non-hydrogen) atoms. The van der Waals surface area contributed by atoms with Crippen molar-refractivity contribution in [1.29, 1.82) is 0 Å². The molecule has 1 aromatic rings. The first-order valence-corrected chi connectivity index (χ1v) is 4.14. The van der Waals surface area contributed by atoms with Crippen molar-refractivity contribution in [3.05, 3.63) is 23.8 Å². The second kappa shape index (κ2) is 4.58. The van der Waals surface area contributed by atoms with Crippen LogP contribution in [0.2, 0.25) is 0 Å². The lowest BCUT2D eigenvalue weighted by Gasteiger charge is -2.01. The molecule has 0 atom stereocenters. The molecule has 0 aliphatic carbocycles. The van der Waals surface area contributed by atoms with Crippen LogP contribution in [0.1, 0.15) is 5.56 Å². The summed E-state index contributed by atoms with van der Waals surface area (Å²) in [5.74, 6) is 5.10. The molecule has 0 bridgehead atoms. The van der Waals surface area contributed by atoms with Crippen LogP contribution in [0, 0.1) is 17.8 Å². The molecule has 0 aliphatic heterocycles. The third-order valence-electron chi connectivity index (χ3n) is 1.49. The molecule has 3 nitrogen and oxygen atoms in total. The van der Waals surface area contributed by atoms with Gasteiger partial charge in [0.15, 0.2) is 0 Å². The number of nitrogens with zero attached hydrogens (tertiary/aromatic N) is 2. The van der Waals surface area contributed by atoms with Gasteiger partial charge in [0.1, 0.15) is 0 Å². The SMILES string of the molecule is CN(C)CC#Cc1cnc(F)c(N)c1. The van der Waals surface area contributed by atoms with Crippen molar-refractivity contribution >= 4 is 5.69 Å². The lowest BCUT2D eigenvalue weighted by atomic mass is 10.2. The second-order valence-electron chi connectivity index (χ2n) is 3.14. The third kappa shape index (κ3) is 3.04. The first-order valence-electron chi connectivity index (χ1n) is 4.14. The number of nitrogens with two attached hydrogens (primary N) is 1. The fraction of sp³-hybridized carbons (Fsp3) is 0.300. The Labute approximate surface area is 82.7 Å². The molecule has 0 fully saturated rings. The minimum absolute atomic E-state index is 0.0293. The van der Waals surface area contributed by atoms with Gasteiger partial charge in [0.25, 0.3) is 0 Å². The molecular formula is C10H12FN3. The topological polar surface area (TPSA) is 42.2 Å². The Morgan fingerprint density at radius 1 is 1.57 bits per heavy atom. The largest absolute Gasteiger partial charge is 0.395 e. The quantitative estimate of drug-likeness (QED) is 0.527. The highest BCUT2D eigenvalue weighted by Crippen LogP contribution is 2.07. The van der Waals surface area contributed by atoms with E-state index in [-0.39, 0.29) is 5.69 Å². The zero-order valence-corrected chi connectivity index (χ0v) is 8.21. The Kier molecular flexibility index (Phi) is 3.43. The summed E-state index contributed by atoms with van der Waals surface area (Å²) in [6.07, 6.45) is 1.37. The predicted molar refractivity (Wildman–Crippen MR) is 54.0 cm³/mol. The summed E-state index contributed by atoms with van der Waals surface area (Å²) >= 11 is 0. The van der Waals surface area contributed by atoms with Gasteiger partial charge in [-0.1, -0.05) is 11.8 Å². The van der Waals surface area contributed by atoms with Gasteiger partial charge in [-0.2, -0.15) is 4.39 Å². The van der Waals surface area contributed by atoms with E-state index in [0.717, 1.165) is 0 Å². The maximum absolute atomic E-state index is 12.7. The van der Waals surface area contributed by atoms with E-state index in [0.29, 0.717) is 12.1 Å². The fourth-order valence-corrected chi connectivity index (χ4v) is 0.833. The Hall–Kier alpha value is -1.60. The van der Waals surface area contributed by atoms with Gasteiger partial charge in [-0.25, -0.2) is 4.98 Å². The van der Waals surface area contributed by atoms with E-state index >= 15 is 0 Å². The molecule has 0 radical (unpaired) electrons. The number of pyridine rings is 1. The molecule has 0 amide bonds. The van der Waals surface area contributed by atoms with Gasteiger partial charge in [-0.3, -0.25) is 4.90 Å². The standard InChI is InChI=1S/C10H12FN3/c1-14(2)5-3-4-8-6-9(12)10(11)13-7-8/h6-7H,5,12H2,1-2H3. The van der Waals surface area contributed by atoms with Gasteiger partial charge in [0.05, 0.1) is 12.2 Å². The van der Waals surface area contributed by atoms with Crippen LogP contribution in [0.25, 0.3) is 0 Å². The molecule has 0 saturated carbocycles. The van der Waals surface area contributed by atoms with E-state index in [9.17, 15) is 4.39 Å². The van der Waals surface area contributed by atoms with Crippen molar-refractivity contribution in [2.24, 2.45) is 0 Å². The third-order valence-corrected chi connectivity index (χ3v) is 1.49. The molecule has 4 heteroatoms. The molecule has 74 valence electrons. The van der Waals surface area contributed by atoms with E-state index in [4.69, 9.17) is 5.73 Å². The summed E-state index contributed by atoms with van der Waals surface area (Å²) in [4.78, 5) is 5.41. The van der Waals surface area contributed by atoms with Gasteiger partial charge >= 0.3 is 0 Å². The summed E-state index contributed by atoms with van der Waals surface area (Å²) in [7, 11) is 3.85. The Bertz CT molecular complexity index is 377. The summed E-state index contributed by atoms with van der Waals surface area (Å²) in [6, 6.07) is 1.48. The fourth-order valence-electron chi connectivity index (χ4n) is 0.833. The van der Waals surface area contributed by atoms with Crippen LogP contribution in [-0.4, -0.2) is 30.5 Å². The molecule has 0 saturated heterocycles. The van der Waals surface area contributed by atoms with Crippen LogP contribution in [0.4, 0.5) is 10.1 Å². The number of aromatic nitrogens is 1. The van der Waals surface area contributed by atoms with Crippen molar-refractivity contribution in [2.45, 2.75) is 0 Å². The van der Waals surface area contributed by atoms with Crippen LogP contribution in [-0.2, 0) is 0 Å². The molecule has 2 N–H and O–H groups in total. The summed E-state index contributed by atoms with van der Waals surface area (Å²) in [6.45, 7) is 0.650. The van der Waals surface area contributed by atoms with E-state index in [1.807, 2.05) is 19.0 Å². The molecule has 1 rings (SSSR count). The second-order valence-corrected chi connectivity index (χ2v) is 3.14. The zero-order valence-electron chi connectivity index (χ0n) is 8.21. The summed E-state index contributed by atoms with van der Waals surface area (Å²) in [5.41, 5.74) is 6.00. The van der Waals surface area contributed by atoms with Crippen molar-refractivity contribution in [3.63, 3.8) is 0 Å². The first kappa shape index (κ1) is 10.5. The predicted octanol–water partition coefficient (Wildman–Crippen LogP) is 0.716. The average Bonchev–Trinajstić information content (AvgIpc) is 2.10. The number of anilines is 1. The number of hydrogen-bond donors (Lipinski definition) is 1. The normalized spacial score (nSPS) is 9.71. The maximum atomic E-state index is 12.7. The Morgan fingerprint density at radius 2 is 2.29 bits per heavy atom. The highest BCUT2D eigenvalue weighted by atomic mass is 19.1. The molecule has 0 spiro atoms. The van der Waals surface area contributed by atoms with Gasteiger partial charge in [0.2, 0.25) is 5.95 Å². The van der Waals surface area contributed by atoms with Crippen molar-refractivity contribution in [3.8, 4) is 11.8 Å². The van der Waals surface area contributed by atoms with E-state index in [1.54, 1.807) is 0 Å². The van der Waals surface area contributed by atoms with Crippen molar-refractivity contribution in [2.75, 3.05) is 26.4 Å². The number of rotatable bonds is 1. The van der Waals surface area contributed by atoms with Gasteiger partial charge in [0, 0.05) is 11.8 Å². The summed E-state index contributed by atoms with van der Waals surface area (Å²) < 4.78 is 12.7. The maximum Gasteiger partial charge on any atom is 0.236 e. The zero-order chi connectivity index (χ0) is 10.6. The molecule has 1 heterocycles. The van der Waals surface area contributed by atoms with Crippen LogP contribution in [0.3, 0.4) is 0 Å². The van der Waals surface area contributed by atoms with E-state index < -0.39 is 5.95 Å². The number of halogens is 1. The Morgan fingerprint density at radius 3 is 2.86 bits per heavy atom. The first-order chi connectivity index (χ1) is 6.59. The van der Waals surface area contributed by atoms with Crippen molar-refractivity contribution < 1.29 is 4.39 Å². The molecular weight excluding hydrogens is 181 g/mol. The van der Waals surface area contributed by atoms with Gasteiger partial charge in [-0.05, 0) is 20.2 Å². The van der Waals surface area contributed by atoms with Crippen molar-refractivity contribution in [1.82, 2.24) is 9.88 Å². The lowest BCUT2D eigenvalue weighted by Crippen LogP contribution is -2.10. The van der Waals surface area contributed by atoms with Crippen LogP contribution in [0.5, 0.6) is 0 Å². The molecule has 0 aliphatic rings. The minimum atomic E-state index is -0.650. The van der Waals surface area contributed by atoms with Crippen LogP contribution < -0.4 is 5.73 Å². The van der Waals surface area contributed by atoms with Gasteiger partial charge in [-0.15, -0.1) is 0 Å². The molecule has 0 unspecified atom stereocenters. The van der Waals surface area contributed by atoms with Crippen LogP contribution in [0.15, 0.2) is 12.3 Å².